The van der Waals surface area contributed by atoms with Crippen LogP contribution in [0, 0.1) is 11.7 Å². The number of benzene rings is 3. The molecule has 4 aromatic rings. The van der Waals surface area contributed by atoms with Crippen molar-refractivity contribution in [1.29, 1.82) is 0 Å². The Morgan fingerprint density at radius 3 is 2.30 bits per heavy atom. The minimum absolute atomic E-state index is 0.0588. The number of fused-ring (bicyclic) bond motifs is 1. The highest BCUT2D eigenvalue weighted by molar-refractivity contribution is 5.86. The van der Waals surface area contributed by atoms with Gasteiger partial charge in [0.1, 0.15) is 18.1 Å². The van der Waals surface area contributed by atoms with Gasteiger partial charge >= 0.3 is 0 Å². The third-order valence-corrected chi connectivity index (χ3v) is 7.49. The van der Waals surface area contributed by atoms with Crippen molar-refractivity contribution < 1.29 is 18.7 Å². The molecule has 7 heteroatoms. The molecule has 6 nitrogen and oxygen atoms in total. The fourth-order valence-electron chi connectivity index (χ4n) is 5.11. The third kappa shape index (κ3) is 7.08. The number of nitrogens with zero attached hydrogens (tertiary/aromatic N) is 2. The number of H-pyrrole nitrogens is 1. The molecule has 0 unspecified atom stereocenters. The SMILES string of the molecule is CCC(CC)C(=O)N(CC(=O)N(CCc1c[nH]c2ccccc12)Cc1ccccc1OC)Cc1ccc(F)cc1. The summed E-state index contributed by atoms with van der Waals surface area (Å²) in [5.74, 6) is -0.00697. The van der Waals surface area contributed by atoms with Crippen LogP contribution >= 0.6 is 0 Å². The highest BCUT2D eigenvalue weighted by atomic mass is 19.1. The summed E-state index contributed by atoms with van der Waals surface area (Å²) < 4.78 is 19.1. The van der Waals surface area contributed by atoms with Gasteiger partial charge in [-0.1, -0.05) is 62.4 Å². The lowest BCUT2D eigenvalue weighted by Crippen LogP contribution is -2.44. The van der Waals surface area contributed by atoms with Crippen molar-refractivity contribution in [2.75, 3.05) is 20.2 Å². The van der Waals surface area contributed by atoms with Crippen LogP contribution in [0.25, 0.3) is 10.9 Å². The predicted molar refractivity (Wildman–Crippen MR) is 156 cm³/mol. The second kappa shape index (κ2) is 13.8. The molecule has 0 spiro atoms. The fourth-order valence-corrected chi connectivity index (χ4v) is 5.11. The molecule has 0 bridgehead atoms. The van der Waals surface area contributed by atoms with E-state index in [0.717, 1.165) is 27.6 Å². The second-order valence-electron chi connectivity index (χ2n) is 10.1. The van der Waals surface area contributed by atoms with Gasteiger partial charge in [0.05, 0.1) is 7.11 Å². The maximum atomic E-state index is 14.0. The number of halogens is 1. The number of rotatable bonds is 13. The average molecular weight is 544 g/mol. The van der Waals surface area contributed by atoms with E-state index in [0.29, 0.717) is 38.1 Å². The number of hydrogen-bond acceptors (Lipinski definition) is 3. The van der Waals surface area contributed by atoms with Crippen molar-refractivity contribution in [2.45, 2.75) is 46.2 Å². The molecule has 1 N–H and O–H groups in total. The van der Waals surface area contributed by atoms with Crippen LogP contribution in [-0.4, -0.2) is 46.8 Å². The maximum absolute atomic E-state index is 14.0. The monoisotopic (exact) mass is 543 g/mol. The zero-order valence-corrected chi connectivity index (χ0v) is 23.5. The van der Waals surface area contributed by atoms with Crippen molar-refractivity contribution in [3.8, 4) is 5.75 Å². The van der Waals surface area contributed by atoms with Crippen molar-refractivity contribution >= 4 is 22.7 Å². The van der Waals surface area contributed by atoms with E-state index in [1.165, 1.54) is 12.1 Å². The van der Waals surface area contributed by atoms with Crippen LogP contribution in [0.1, 0.15) is 43.4 Å². The number of aromatic amines is 1. The van der Waals surface area contributed by atoms with Crippen LogP contribution in [0.2, 0.25) is 0 Å². The number of amides is 2. The first-order chi connectivity index (χ1) is 19.4. The first kappa shape index (κ1) is 28.9. The van der Waals surface area contributed by atoms with Gasteiger partial charge < -0.3 is 19.5 Å². The van der Waals surface area contributed by atoms with E-state index >= 15 is 0 Å². The molecule has 0 radical (unpaired) electrons. The van der Waals surface area contributed by atoms with Gasteiger partial charge in [-0.25, -0.2) is 4.39 Å². The van der Waals surface area contributed by atoms with E-state index in [4.69, 9.17) is 4.74 Å². The first-order valence-corrected chi connectivity index (χ1v) is 13.9. The number of ether oxygens (including phenoxy) is 1. The molecular formula is C33H38FN3O3. The van der Waals surface area contributed by atoms with Crippen molar-refractivity contribution in [1.82, 2.24) is 14.8 Å². The fraction of sp³-hybridized carbons (Fsp3) is 0.333. The molecule has 210 valence electrons. The first-order valence-electron chi connectivity index (χ1n) is 13.9. The molecule has 0 aliphatic rings. The smallest absolute Gasteiger partial charge is 0.242 e. The van der Waals surface area contributed by atoms with Crippen molar-refractivity contribution in [3.05, 3.63) is 102 Å². The number of para-hydroxylation sites is 2. The second-order valence-corrected chi connectivity index (χ2v) is 10.1. The van der Waals surface area contributed by atoms with Gasteiger partial charge in [0, 0.05) is 48.2 Å². The van der Waals surface area contributed by atoms with Gasteiger partial charge in [0.15, 0.2) is 0 Å². The normalized spacial score (nSPS) is 11.1. The van der Waals surface area contributed by atoms with Gasteiger partial charge in [0.25, 0.3) is 0 Å². The third-order valence-electron chi connectivity index (χ3n) is 7.49. The van der Waals surface area contributed by atoms with E-state index < -0.39 is 0 Å². The van der Waals surface area contributed by atoms with E-state index in [2.05, 4.69) is 11.1 Å². The molecular weight excluding hydrogens is 505 g/mol. The number of aromatic nitrogens is 1. The zero-order valence-electron chi connectivity index (χ0n) is 23.5. The summed E-state index contributed by atoms with van der Waals surface area (Å²) in [5, 5.41) is 1.13. The Hall–Kier alpha value is -4.13. The summed E-state index contributed by atoms with van der Waals surface area (Å²) in [6.45, 7) is 4.98. The number of carbonyl (C=O) groups excluding carboxylic acids is 2. The highest BCUT2D eigenvalue weighted by Gasteiger charge is 2.26. The number of hydrogen-bond donors (Lipinski definition) is 1. The van der Waals surface area contributed by atoms with Gasteiger partial charge in [-0.2, -0.15) is 0 Å². The lowest BCUT2D eigenvalue weighted by molar-refractivity contribution is -0.144. The minimum Gasteiger partial charge on any atom is -0.496 e. The summed E-state index contributed by atoms with van der Waals surface area (Å²) in [7, 11) is 1.62. The zero-order chi connectivity index (χ0) is 28.5. The standard InChI is InChI=1S/C33H38FN3O3/c1-4-25(5-2)33(39)37(21-24-14-16-28(34)17-15-24)23-32(38)36(22-27-10-6-9-13-31(27)40-3)19-18-26-20-35-30-12-8-7-11-29(26)30/h6-17,20,25,35H,4-5,18-19,21-23H2,1-3H3. The molecule has 0 aliphatic carbocycles. The van der Waals surface area contributed by atoms with E-state index in [-0.39, 0.29) is 36.6 Å². The predicted octanol–water partition coefficient (Wildman–Crippen LogP) is 6.35. The molecule has 0 aliphatic heterocycles. The van der Waals surface area contributed by atoms with Gasteiger partial charge in [0.2, 0.25) is 11.8 Å². The molecule has 4 rings (SSSR count). The molecule has 0 fully saturated rings. The molecule has 0 atom stereocenters. The Kier molecular flexibility index (Phi) is 9.95. The summed E-state index contributed by atoms with van der Waals surface area (Å²) in [5.41, 5.74) is 3.86. The van der Waals surface area contributed by atoms with Gasteiger partial charge in [-0.05, 0) is 54.7 Å². The summed E-state index contributed by atoms with van der Waals surface area (Å²) in [4.78, 5) is 34.2. The molecule has 0 saturated heterocycles. The Labute approximate surface area is 235 Å². The summed E-state index contributed by atoms with van der Waals surface area (Å²) >= 11 is 0. The van der Waals surface area contributed by atoms with Crippen LogP contribution in [-0.2, 0) is 29.1 Å². The number of methoxy groups -OCH3 is 1. The molecule has 0 saturated carbocycles. The maximum Gasteiger partial charge on any atom is 0.242 e. The van der Waals surface area contributed by atoms with Crippen molar-refractivity contribution in [3.63, 3.8) is 0 Å². The number of carbonyl (C=O) groups is 2. The number of nitrogens with one attached hydrogen (secondary N) is 1. The molecule has 40 heavy (non-hydrogen) atoms. The Morgan fingerprint density at radius 1 is 0.875 bits per heavy atom. The van der Waals surface area contributed by atoms with Crippen LogP contribution < -0.4 is 4.74 Å². The largest absolute Gasteiger partial charge is 0.496 e. The highest BCUT2D eigenvalue weighted by Crippen LogP contribution is 2.23. The summed E-state index contributed by atoms with van der Waals surface area (Å²) in [6, 6.07) is 21.9. The van der Waals surface area contributed by atoms with Crippen LogP contribution in [0.3, 0.4) is 0 Å². The Morgan fingerprint density at radius 2 is 1.57 bits per heavy atom. The lowest BCUT2D eigenvalue weighted by atomic mass is 10.0. The van der Waals surface area contributed by atoms with E-state index in [1.807, 2.05) is 62.5 Å². The average Bonchev–Trinajstić information content (AvgIpc) is 3.39. The van der Waals surface area contributed by atoms with Crippen LogP contribution in [0.5, 0.6) is 5.75 Å². The van der Waals surface area contributed by atoms with Crippen LogP contribution in [0.15, 0.2) is 79.0 Å². The Balaban J connectivity index is 1.59. The Bertz CT molecular complexity index is 1410. The topological polar surface area (TPSA) is 65.6 Å². The lowest BCUT2D eigenvalue weighted by Gasteiger charge is -2.30. The molecule has 3 aromatic carbocycles. The minimum atomic E-state index is -0.335. The van der Waals surface area contributed by atoms with Gasteiger partial charge in [-0.3, -0.25) is 9.59 Å². The van der Waals surface area contributed by atoms with Crippen molar-refractivity contribution in [2.24, 2.45) is 5.92 Å². The summed E-state index contributed by atoms with van der Waals surface area (Å²) in [6.07, 6.45) is 4.03. The molecule has 1 heterocycles. The van der Waals surface area contributed by atoms with E-state index in [9.17, 15) is 14.0 Å². The molecule has 1 aromatic heterocycles. The van der Waals surface area contributed by atoms with E-state index in [1.54, 1.807) is 29.0 Å². The van der Waals surface area contributed by atoms with Crippen LogP contribution in [0.4, 0.5) is 4.39 Å². The van der Waals surface area contributed by atoms with Gasteiger partial charge in [-0.15, -0.1) is 0 Å². The molecule has 2 amide bonds. The quantitative estimate of drug-likeness (QED) is 0.214.